The summed E-state index contributed by atoms with van der Waals surface area (Å²) in [4.78, 5) is 22.4. The monoisotopic (exact) mass is 483 g/mol. The maximum Gasteiger partial charge on any atom is 0.280 e. The van der Waals surface area contributed by atoms with Gasteiger partial charge in [0.1, 0.15) is 12.4 Å². The van der Waals surface area contributed by atoms with Gasteiger partial charge in [0.2, 0.25) is 0 Å². The molecular formula is C24H22ClN3O6. The summed E-state index contributed by atoms with van der Waals surface area (Å²) in [6.45, 7) is 1.89. The van der Waals surface area contributed by atoms with Crippen LogP contribution in [0.2, 0.25) is 5.02 Å². The second-order valence-corrected chi connectivity index (χ2v) is 7.51. The first-order valence-corrected chi connectivity index (χ1v) is 10.5. The predicted molar refractivity (Wildman–Crippen MR) is 128 cm³/mol. The third kappa shape index (κ3) is 6.94. The number of hydrazone groups is 1. The molecule has 0 aromatic heterocycles. The Hall–Kier alpha value is -4.11. The van der Waals surface area contributed by atoms with E-state index in [1.165, 1.54) is 37.6 Å². The largest absolute Gasteiger partial charge is 0.493 e. The zero-order chi connectivity index (χ0) is 24.5. The van der Waals surface area contributed by atoms with Gasteiger partial charge in [-0.2, -0.15) is 5.10 Å². The van der Waals surface area contributed by atoms with Crippen LogP contribution < -0.4 is 19.6 Å². The van der Waals surface area contributed by atoms with E-state index in [1.807, 2.05) is 12.1 Å². The Balaban J connectivity index is 1.54. The molecule has 0 aliphatic rings. The molecule has 0 aliphatic heterocycles. The Bertz CT molecular complexity index is 1170. The molecule has 1 amide bonds. The molecule has 3 aromatic rings. The van der Waals surface area contributed by atoms with Crippen LogP contribution in [0, 0.1) is 10.1 Å². The number of nitrogens with one attached hydrogen (secondary N) is 1. The van der Waals surface area contributed by atoms with Crippen molar-refractivity contribution in [2.24, 2.45) is 5.10 Å². The van der Waals surface area contributed by atoms with Crippen LogP contribution in [0.25, 0.3) is 0 Å². The molecule has 9 nitrogen and oxygen atoms in total. The van der Waals surface area contributed by atoms with Gasteiger partial charge in [-0.25, -0.2) is 5.43 Å². The molecule has 0 saturated heterocycles. The number of ether oxygens (including phenoxy) is 3. The lowest BCUT2D eigenvalue weighted by molar-refractivity contribution is -0.384. The van der Waals surface area contributed by atoms with E-state index in [-0.39, 0.29) is 5.69 Å². The molecular weight excluding hydrogens is 462 g/mol. The number of hydrogen-bond acceptors (Lipinski definition) is 7. The number of methoxy groups -OCH3 is 1. The summed E-state index contributed by atoms with van der Waals surface area (Å²) in [5, 5.41) is 15.3. The van der Waals surface area contributed by atoms with Crippen LogP contribution in [0.4, 0.5) is 5.69 Å². The molecule has 10 heteroatoms. The van der Waals surface area contributed by atoms with Crippen molar-refractivity contribution in [2.45, 2.75) is 19.6 Å². The number of hydrogen-bond donors (Lipinski definition) is 1. The summed E-state index contributed by atoms with van der Waals surface area (Å²) in [7, 11) is 1.53. The number of non-ortho nitro benzene ring substituents is 1. The van der Waals surface area contributed by atoms with Gasteiger partial charge >= 0.3 is 0 Å². The van der Waals surface area contributed by atoms with Crippen molar-refractivity contribution in [3.63, 3.8) is 0 Å². The van der Waals surface area contributed by atoms with Crippen molar-refractivity contribution in [1.82, 2.24) is 5.43 Å². The van der Waals surface area contributed by atoms with Crippen LogP contribution in [0.15, 0.2) is 71.8 Å². The fourth-order valence-corrected chi connectivity index (χ4v) is 2.92. The fourth-order valence-electron chi connectivity index (χ4n) is 2.79. The van der Waals surface area contributed by atoms with Crippen molar-refractivity contribution in [3.05, 3.63) is 93.0 Å². The summed E-state index contributed by atoms with van der Waals surface area (Å²) < 4.78 is 16.7. The van der Waals surface area contributed by atoms with Gasteiger partial charge in [0.15, 0.2) is 17.6 Å². The van der Waals surface area contributed by atoms with Gasteiger partial charge in [-0.1, -0.05) is 23.7 Å². The van der Waals surface area contributed by atoms with Crippen LogP contribution in [0.3, 0.4) is 0 Å². The lowest BCUT2D eigenvalue weighted by Gasteiger charge is -2.13. The SMILES string of the molecule is COc1cc(C=NNC(=O)C(C)Oc2ccc([N+](=O)[O-])cc2)ccc1OCc1ccc(Cl)cc1. The van der Waals surface area contributed by atoms with E-state index in [4.69, 9.17) is 25.8 Å². The van der Waals surface area contributed by atoms with Crippen molar-refractivity contribution in [1.29, 1.82) is 0 Å². The smallest absolute Gasteiger partial charge is 0.280 e. The molecule has 1 N–H and O–H groups in total. The molecule has 0 bridgehead atoms. The molecule has 3 aromatic carbocycles. The predicted octanol–water partition coefficient (Wildman–Crippen LogP) is 4.75. The molecule has 1 unspecified atom stereocenters. The summed E-state index contributed by atoms with van der Waals surface area (Å²) in [6, 6.07) is 18.0. The van der Waals surface area contributed by atoms with Crippen LogP contribution >= 0.6 is 11.6 Å². The van der Waals surface area contributed by atoms with Crippen LogP contribution in [0.5, 0.6) is 17.2 Å². The Kier molecular flexibility index (Phi) is 8.42. The van der Waals surface area contributed by atoms with Crippen molar-refractivity contribution in [3.8, 4) is 17.2 Å². The van der Waals surface area contributed by atoms with Gasteiger partial charge in [-0.05, 0) is 60.5 Å². The van der Waals surface area contributed by atoms with E-state index in [2.05, 4.69) is 10.5 Å². The third-order valence-electron chi connectivity index (χ3n) is 4.61. The topological polar surface area (TPSA) is 112 Å². The standard InChI is InChI=1S/C24H22ClN3O6/c1-16(34-21-10-8-20(9-11-21)28(30)31)24(29)27-26-14-18-5-12-22(23(13-18)32-2)33-15-17-3-6-19(25)7-4-17/h3-14,16H,15H2,1-2H3,(H,27,29). The lowest BCUT2D eigenvalue weighted by Crippen LogP contribution is -2.33. The zero-order valence-electron chi connectivity index (χ0n) is 18.4. The second-order valence-electron chi connectivity index (χ2n) is 7.07. The van der Waals surface area contributed by atoms with Crippen molar-refractivity contribution < 1.29 is 23.9 Å². The van der Waals surface area contributed by atoms with Crippen LogP contribution in [-0.4, -0.2) is 30.3 Å². The van der Waals surface area contributed by atoms with Crippen molar-refractivity contribution in [2.75, 3.05) is 7.11 Å². The van der Waals surface area contributed by atoms with Gasteiger partial charge < -0.3 is 14.2 Å². The number of benzene rings is 3. The molecule has 34 heavy (non-hydrogen) atoms. The first-order chi connectivity index (χ1) is 16.4. The molecule has 3 rings (SSSR count). The number of rotatable bonds is 10. The highest BCUT2D eigenvalue weighted by Gasteiger charge is 2.15. The van der Waals surface area contributed by atoms with Gasteiger partial charge in [-0.3, -0.25) is 14.9 Å². The number of carbonyl (C=O) groups is 1. The number of carbonyl (C=O) groups excluding carboxylic acids is 1. The number of nitrogens with zero attached hydrogens (tertiary/aromatic N) is 2. The number of nitro groups is 1. The Morgan fingerprint density at radius 3 is 2.47 bits per heavy atom. The molecule has 0 heterocycles. The number of halogens is 1. The molecule has 0 fully saturated rings. The molecule has 0 radical (unpaired) electrons. The van der Waals surface area contributed by atoms with E-state index in [9.17, 15) is 14.9 Å². The second kappa shape index (κ2) is 11.7. The minimum atomic E-state index is -0.864. The molecule has 0 saturated carbocycles. The molecule has 1 atom stereocenters. The van der Waals surface area contributed by atoms with E-state index in [1.54, 1.807) is 37.3 Å². The summed E-state index contributed by atoms with van der Waals surface area (Å²) in [6.07, 6.45) is 0.596. The van der Waals surface area contributed by atoms with Crippen LogP contribution in [-0.2, 0) is 11.4 Å². The maximum absolute atomic E-state index is 12.2. The van der Waals surface area contributed by atoms with E-state index in [0.717, 1.165) is 5.56 Å². The van der Waals surface area contributed by atoms with Gasteiger partial charge in [0.05, 0.1) is 18.2 Å². The molecule has 176 valence electrons. The van der Waals surface area contributed by atoms with E-state index >= 15 is 0 Å². The first-order valence-electron chi connectivity index (χ1n) is 10.1. The van der Waals surface area contributed by atoms with Crippen molar-refractivity contribution >= 4 is 29.4 Å². The Morgan fingerprint density at radius 2 is 1.82 bits per heavy atom. The summed E-state index contributed by atoms with van der Waals surface area (Å²) in [5.41, 5.74) is 3.98. The normalized spacial score (nSPS) is 11.6. The first kappa shape index (κ1) is 24.5. The summed E-state index contributed by atoms with van der Waals surface area (Å²) in [5.74, 6) is 0.920. The molecule has 0 spiro atoms. The highest BCUT2D eigenvalue weighted by Crippen LogP contribution is 2.28. The summed E-state index contributed by atoms with van der Waals surface area (Å²) >= 11 is 5.90. The highest BCUT2D eigenvalue weighted by molar-refractivity contribution is 6.30. The lowest BCUT2D eigenvalue weighted by atomic mass is 10.2. The fraction of sp³-hybridized carbons (Fsp3) is 0.167. The minimum absolute atomic E-state index is 0.0640. The maximum atomic E-state index is 12.2. The highest BCUT2D eigenvalue weighted by atomic mass is 35.5. The Morgan fingerprint density at radius 1 is 1.12 bits per heavy atom. The third-order valence-corrected chi connectivity index (χ3v) is 4.87. The van der Waals surface area contributed by atoms with Gasteiger partial charge in [0.25, 0.3) is 11.6 Å². The number of nitro benzene ring substituents is 1. The number of amides is 1. The van der Waals surface area contributed by atoms with E-state index in [0.29, 0.717) is 34.4 Å². The average Bonchev–Trinajstić information content (AvgIpc) is 2.84. The van der Waals surface area contributed by atoms with Gasteiger partial charge in [-0.15, -0.1) is 0 Å². The van der Waals surface area contributed by atoms with Gasteiger partial charge in [0, 0.05) is 17.2 Å². The average molecular weight is 484 g/mol. The minimum Gasteiger partial charge on any atom is -0.493 e. The van der Waals surface area contributed by atoms with Crippen LogP contribution in [0.1, 0.15) is 18.1 Å². The zero-order valence-corrected chi connectivity index (χ0v) is 19.2. The van der Waals surface area contributed by atoms with E-state index < -0.39 is 16.9 Å². The Labute approximate surface area is 201 Å². The molecule has 0 aliphatic carbocycles. The quantitative estimate of drug-likeness (QED) is 0.253.